The molecule has 0 aromatic rings. The Morgan fingerprint density at radius 3 is 2.62 bits per heavy atom. The molecule has 0 bridgehead atoms. The second-order valence-electron chi connectivity index (χ2n) is 4.55. The monoisotopic (exact) mass is 239 g/mol. The van der Waals surface area contributed by atoms with Crippen LogP contribution in [0.1, 0.15) is 32.1 Å². The Morgan fingerprint density at radius 1 is 1.25 bits per heavy atom. The molecule has 1 rings (SSSR count). The van der Waals surface area contributed by atoms with Gasteiger partial charge in [0.1, 0.15) is 0 Å². The lowest BCUT2D eigenvalue weighted by atomic mass is 9.81. The lowest BCUT2D eigenvalue weighted by molar-refractivity contribution is -0.185. The zero-order valence-corrected chi connectivity index (χ0v) is 9.39. The predicted molar refractivity (Wildman–Crippen MR) is 56.1 cm³/mol. The number of aliphatic hydroxyl groups is 1. The first-order valence-electron chi connectivity index (χ1n) is 5.92. The van der Waals surface area contributed by atoms with E-state index in [0.29, 0.717) is 25.9 Å². The molecule has 0 saturated heterocycles. The van der Waals surface area contributed by atoms with E-state index in [2.05, 4.69) is 5.32 Å². The average molecular weight is 239 g/mol. The van der Waals surface area contributed by atoms with Crippen LogP contribution in [0.25, 0.3) is 0 Å². The average Bonchev–Trinajstić information content (AvgIpc) is 2.24. The highest BCUT2D eigenvalue weighted by Crippen LogP contribution is 2.39. The van der Waals surface area contributed by atoms with Crippen molar-refractivity contribution in [3.63, 3.8) is 0 Å². The second-order valence-corrected chi connectivity index (χ2v) is 4.55. The summed E-state index contributed by atoms with van der Waals surface area (Å²) in [7, 11) is 0. The summed E-state index contributed by atoms with van der Waals surface area (Å²) in [6, 6.07) is 0. The zero-order valence-electron chi connectivity index (χ0n) is 9.39. The smallest absolute Gasteiger partial charge is 0.391 e. The molecule has 5 heteroatoms. The van der Waals surface area contributed by atoms with Crippen LogP contribution in [0.5, 0.6) is 0 Å². The van der Waals surface area contributed by atoms with Crippen molar-refractivity contribution < 1.29 is 18.3 Å². The zero-order chi connectivity index (χ0) is 12.0. The van der Waals surface area contributed by atoms with Crippen LogP contribution < -0.4 is 5.32 Å². The van der Waals surface area contributed by atoms with E-state index < -0.39 is 12.1 Å². The van der Waals surface area contributed by atoms with E-state index in [9.17, 15) is 13.2 Å². The van der Waals surface area contributed by atoms with E-state index >= 15 is 0 Å². The maximum atomic E-state index is 12.5. The summed E-state index contributed by atoms with van der Waals surface area (Å²) in [5.41, 5.74) is 0. The topological polar surface area (TPSA) is 32.3 Å². The summed E-state index contributed by atoms with van der Waals surface area (Å²) in [5, 5.41) is 11.7. The fourth-order valence-electron chi connectivity index (χ4n) is 2.28. The Morgan fingerprint density at radius 2 is 2.00 bits per heavy atom. The van der Waals surface area contributed by atoms with Gasteiger partial charge in [-0.3, -0.25) is 0 Å². The highest BCUT2D eigenvalue weighted by atomic mass is 19.4. The van der Waals surface area contributed by atoms with Crippen molar-refractivity contribution in [3.8, 4) is 0 Å². The minimum Gasteiger partial charge on any atom is -0.396 e. The van der Waals surface area contributed by atoms with Crippen LogP contribution in [0.3, 0.4) is 0 Å². The van der Waals surface area contributed by atoms with Crippen molar-refractivity contribution in [2.45, 2.75) is 38.3 Å². The summed E-state index contributed by atoms with van der Waals surface area (Å²) in [4.78, 5) is 0. The third-order valence-electron chi connectivity index (χ3n) is 3.19. The van der Waals surface area contributed by atoms with E-state index in [1.165, 1.54) is 0 Å². The van der Waals surface area contributed by atoms with Crippen molar-refractivity contribution in [2.24, 2.45) is 11.8 Å². The van der Waals surface area contributed by atoms with Crippen LogP contribution >= 0.6 is 0 Å². The van der Waals surface area contributed by atoms with E-state index in [4.69, 9.17) is 5.11 Å². The van der Waals surface area contributed by atoms with Crippen LogP contribution in [0.15, 0.2) is 0 Å². The summed E-state index contributed by atoms with van der Waals surface area (Å²) in [5.74, 6) is -0.968. The maximum absolute atomic E-state index is 12.5. The van der Waals surface area contributed by atoms with Gasteiger partial charge in [0.05, 0.1) is 5.92 Å². The fourth-order valence-corrected chi connectivity index (χ4v) is 2.28. The lowest BCUT2D eigenvalue weighted by Crippen LogP contribution is -2.33. The Hall–Kier alpha value is -0.290. The fraction of sp³-hybridized carbons (Fsp3) is 1.00. The molecule has 96 valence electrons. The van der Waals surface area contributed by atoms with Gasteiger partial charge in [0, 0.05) is 6.61 Å². The van der Waals surface area contributed by atoms with Gasteiger partial charge in [0.25, 0.3) is 0 Å². The largest absolute Gasteiger partial charge is 0.396 e. The number of hydrogen-bond donors (Lipinski definition) is 2. The molecule has 16 heavy (non-hydrogen) atoms. The molecule has 0 radical (unpaired) electrons. The molecule has 0 aliphatic heterocycles. The molecule has 1 aliphatic rings. The summed E-state index contributed by atoms with van der Waals surface area (Å²) >= 11 is 0. The number of hydrogen-bond acceptors (Lipinski definition) is 2. The number of halogens is 3. The van der Waals surface area contributed by atoms with E-state index in [1.54, 1.807) is 0 Å². The summed E-state index contributed by atoms with van der Waals surface area (Å²) < 4.78 is 37.5. The van der Waals surface area contributed by atoms with Gasteiger partial charge in [-0.15, -0.1) is 0 Å². The highest BCUT2D eigenvalue weighted by Gasteiger charge is 2.41. The SMILES string of the molecule is OCCCNCC1CCCC(C(F)(F)F)C1. The Labute approximate surface area is 94.2 Å². The van der Waals surface area contributed by atoms with Crippen LogP contribution in [0.2, 0.25) is 0 Å². The van der Waals surface area contributed by atoms with Crippen molar-refractivity contribution in [3.05, 3.63) is 0 Å². The van der Waals surface area contributed by atoms with Gasteiger partial charge >= 0.3 is 6.18 Å². The van der Waals surface area contributed by atoms with Gasteiger partial charge in [-0.1, -0.05) is 6.42 Å². The summed E-state index contributed by atoms with van der Waals surface area (Å²) in [6.07, 6.45) is -1.25. The van der Waals surface area contributed by atoms with Crippen molar-refractivity contribution in [1.82, 2.24) is 5.32 Å². The Kier molecular flexibility index (Phi) is 5.55. The third-order valence-corrected chi connectivity index (χ3v) is 3.19. The van der Waals surface area contributed by atoms with Crippen molar-refractivity contribution in [1.29, 1.82) is 0 Å². The molecule has 1 saturated carbocycles. The molecule has 2 N–H and O–H groups in total. The quantitative estimate of drug-likeness (QED) is 0.722. The molecule has 0 spiro atoms. The molecule has 2 nitrogen and oxygen atoms in total. The van der Waals surface area contributed by atoms with E-state index in [1.807, 2.05) is 0 Å². The number of alkyl halides is 3. The lowest BCUT2D eigenvalue weighted by Gasteiger charge is -2.30. The van der Waals surface area contributed by atoms with Crippen molar-refractivity contribution in [2.75, 3.05) is 19.7 Å². The van der Waals surface area contributed by atoms with E-state index in [-0.39, 0.29) is 25.4 Å². The first kappa shape index (κ1) is 13.8. The molecule has 0 heterocycles. The standard InChI is InChI=1S/C11H20F3NO/c12-11(13,14)10-4-1-3-9(7-10)8-15-5-2-6-16/h9-10,15-16H,1-8H2. The van der Waals surface area contributed by atoms with Crippen LogP contribution in [-0.2, 0) is 0 Å². The minimum absolute atomic E-state index is 0.128. The Balaban J connectivity index is 2.23. The van der Waals surface area contributed by atoms with Gasteiger partial charge in [-0.25, -0.2) is 0 Å². The van der Waals surface area contributed by atoms with Gasteiger partial charge in [0.2, 0.25) is 0 Å². The van der Waals surface area contributed by atoms with Gasteiger partial charge in [-0.2, -0.15) is 13.2 Å². The van der Waals surface area contributed by atoms with Gasteiger partial charge in [-0.05, 0) is 44.7 Å². The number of aliphatic hydroxyl groups excluding tert-OH is 1. The van der Waals surface area contributed by atoms with Crippen LogP contribution in [-0.4, -0.2) is 31.0 Å². The van der Waals surface area contributed by atoms with Gasteiger partial charge in [0.15, 0.2) is 0 Å². The first-order chi connectivity index (χ1) is 7.54. The molecular weight excluding hydrogens is 219 g/mol. The normalized spacial score (nSPS) is 27.0. The highest BCUT2D eigenvalue weighted by molar-refractivity contribution is 4.78. The third kappa shape index (κ3) is 4.70. The van der Waals surface area contributed by atoms with Crippen LogP contribution in [0.4, 0.5) is 13.2 Å². The molecule has 0 aromatic heterocycles. The molecule has 0 aromatic carbocycles. The molecule has 1 aliphatic carbocycles. The first-order valence-corrected chi connectivity index (χ1v) is 5.92. The maximum Gasteiger partial charge on any atom is 0.391 e. The second kappa shape index (κ2) is 6.45. The molecule has 0 amide bonds. The number of rotatable bonds is 5. The van der Waals surface area contributed by atoms with Crippen LogP contribution in [0, 0.1) is 11.8 Å². The summed E-state index contributed by atoms with van der Waals surface area (Å²) in [6.45, 7) is 1.46. The molecular formula is C11H20F3NO. The van der Waals surface area contributed by atoms with Gasteiger partial charge < -0.3 is 10.4 Å². The minimum atomic E-state index is -4.02. The molecule has 2 atom stereocenters. The number of nitrogens with one attached hydrogen (secondary N) is 1. The molecule has 2 unspecified atom stereocenters. The predicted octanol–water partition coefficient (Wildman–Crippen LogP) is 2.33. The molecule has 1 fully saturated rings. The van der Waals surface area contributed by atoms with E-state index in [0.717, 1.165) is 6.42 Å². The van der Waals surface area contributed by atoms with Crippen molar-refractivity contribution >= 4 is 0 Å². The Bertz CT molecular complexity index is 196.